The van der Waals surface area contributed by atoms with Gasteiger partial charge in [0.1, 0.15) is 0 Å². The minimum Gasteiger partial charge on any atom is -0.466 e. The molecule has 1 fully saturated rings. The zero-order valence-electron chi connectivity index (χ0n) is 15.5. The molecule has 0 N–H and O–H groups in total. The van der Waals surface area contributed by atoms with Crippen LogP contribution < -0.4 is 0 Å². The van der Waals surface area contributed by atoms with Gasteiger partial charge < -0.3 is 4.74 Å². The van der Waals surface area contributed by atoms with Gasteiger partial charge in [-0.1, -0.05) is 54.6 Å². The number of sulfonamides is 1. The monoisotopic (exact) mass is 385 g/mol. The van der Waals surface area contributed by atoms with Gasteiger partial charge >= 0.3 is 5.97 Å². The van der Waals surface area contributed by atoms with Crippen LogP contribution in [-0.2, 0) is 19.6 Å². The SMILES string of the molecule is C=C(C(=O)OC)[C@@H]1C[C@@H](c2ccccc2)CN1S(=O)(=O)c1ccc(C)cc1. The highest BCUT2D eigenvalue weighted by molar-refractivity contribution is 7.89. The van der Waals surface area contributed by atoms with Crippen molar-refractivity contribution in [2.24, 2.45) is 0 Å². The second kappa shape index (κ2) is 7.66. The molecule has 1 heterocycles. The van der Waals surface area contributed by atoms with Crippen LogP contribution in [0.15, 0.2) is 71.6 Å². The third-order valence-electron chi connectivity index (χ3n) is 5.00. The highest BCUT2D eigenvalue weighted by atomic mass is 32.2. The van der Waals surface area contributed by atoms with Crippen molar-refractivity contribution in [3.63, 3.8) is 0 Å². The molecule has 0 unspecified atom stereocenters. The lowest BCUT2D eigenvalue weighted by atomic mass is 9.94. The van der Waals surface area contributed by atoms with Gasteiger partial charge in [0.05, 0.1) is 18.0 Å². The Morgan fingerprint density at radius 1 is 1.11 bits per heavy atom. The van der Waals surface area contributed by atoms with Gasteiger partial charge in [0.15, 0.2) is 0 Å². The van der Waals surface area contributed by atoms with Crippen LogP contribution in [0.3, 0.4) is 0 Å². The van der Waals surface area contributed by atoms with E-state index in [4.69, 9.17) is 4.74 Å². The molecule has 27 heavy (non-hydrogen) atoms. The average molecular weight is 385 g/mol. The van der Waals surface area contributed by atoms with Crippen molar-refractivity contribution in [1.29, 1.82) is 0 Å². The molecule has 2 atom stereocenters. The lowest BCUT2D eigenvalue weighted by Gasteiger charge is -2.24. The van der Waals surface area contributed by atoms with E-state index < -0.39 is 22.0 Å². The lowest BCUT2D eigenvalue weighted by Crippen LogP contribution is -2.38. The van der Waals surface area contributed by atoms with Crippen molar-refractivity contribution >= 4 is 16.0 Å². The molecular weight excluding hydrogens is 362 g/mol. The third-order valence-corrected chi connectivity index (χ3v) is 6.89. The molecule has 1 saturated heterocycles. The average Bonchev–Trinajstić information content (AvgIpc) is 3.14. The van der Waals surface area contributed by atoms with E-state index in [2.05, 4.69) is 6.58 Å². The molecule has 0 spiro atoms. The molecule has 0 radical (unpaired) electrons. The van der Waals surface area contributed by atoms with Crippen molar-refractivity contribution in [1.82, 2.24) is 4.31 Å². The van der Waals surface area contributed by atoms with Gasteiger partial charge in [0.25, 0.3) is 0 Å². The van der Waals surface area contributed by atoms with Gasteiger partial charge in [0.2, 0.25) is 10.0 Å². The Bertz CT molecular complexity index is 936. The van der Waals surface area contributed by atoms with Gasteiger partial charge in [-0.3, -0.25) is 0 Å². The molecule has 0 bridgehead atoms. The number of benzene rings is 2. The second-order valence-electron chi connectivity index (χ2n) is 6.76. The summed E-state index contributed by atoms with van der Waals surface area (Å²) in [7, 11) is -2.49. The summed E-state index contributed by atoms with van der Waals surface area (Å²) in [6.07, 6.45) is 0.489. The van der Waals surface area contributed by atoms with Gasteiger partial charge in [-0.2, -0.15) is 4.31 Å². The van der Waals surface area contributed by atoms with Gasteiger partial charge in [-0.15, -0.1) is 0 Å². The first-order chi connectivity index (χ1) is 12.8. The molecule has 2 aromatic carbocycles. The Hall–Kier alpha value is -2.44. The van der Waals surface area contributed by atoms with Crippen LogP contribution in [0, 0.1) is 6.92 Å². The maximum atomic E-state index is 13.3. The number of esters is 1. The Balaban J connectivity index is 1.99. The second-order valence-corrected chi connectivity index (χ2v) is 8.65. The van der Waals surface area contributed by atoms with E-state index in [0.717, 1.165) is 11.1 Å². The first kappa shape index (κ1) is 19.3. The zero-order chi connectivity index (χ0) is 19.6. The first-order valence-electron chi connectivity index (χ1n) is 8.75. The van der Waals surface area contributed by atoms with Crippen molar-refractivity contribution in [2.45, 2.75) is 30.2 Å². The molecule has 2 aromatic rings. The molecule has 0 aliphatic carbocycles. The maximum Gasteiger partial charge on any atom is 0.334 e. The number of rotatable bonds is 5. The molecule has 142 valence electrons. The summed E-state index contributed by atoms with van der Waals surface area (Å²) in [5.74, 6) is -0.601. The Morgan fingerprint density at radius 2 is 1.74 bits per heavy atom. The molecule has 1 aliphatic heterocycles. The van der Waals surface area contributed by atoms with Crippen LogP contribution in [0.25, 0.3) is 0 Å². The Kier molecular flexibility index (Phi) is 5.48. The fourth-order valence-corrected chi connectivity index (χ4v) is 5.14. The fraction of sp³-hybridized carbons (Fsp3) is 0.286. The number of aryl methyl sites for hydroxylation is 1. The van der Waals surface area contributed by atoms with E-state index in [1.807, 2.05) is 37.3 Å². The Morgan fingerprint density at radius 3 is 2.33 bits per heavy atom. The van der Waals surface area contributed by atoms with Crippen LogP contribution >= 0.6 is 0 Å². The quantitative estimate of drug-likeness (QED) is 0.585. The smallest absolute Gasteiger partial charge is 0.334 e. The van der Waals surface area contributed by atoms with Crippen LogP contribution in [0.4, 0.5) is 0 Å². The molecular formula is C21H23NO4S. The van der Waals surface area contributed by atoms with E-state index in [1.54, 1.807) is 24.3 Å². The topological polar surface area (TPSA) is 63.7 Å². The fourth-order valence-electron chi connectivity index (χ4n) is 3.47. The summed E-state index contributed by atoms with van der Waals surface area (Å²) in [6, 6.07) is 15.8. The van der Waals surface area contributed by atoms with E-state index >= 15 is 0 Å². The largest absolute Gasteiger partial charge is 0.466 e. The van der Waals surface area contributed by atoms with Crippen molar-refractivity contribution in [3.8, 4) is 0 Å². The minimum absolute atomic E-state index is 0.0159. The van der Waals surface area contributed by atoms with E-state index in [9.17, 15) is 13.2 Å². The molecule has 0 saturated carbocycles. The molecule has 3 rings (SSSR count). The van der Waals surface area contributed by atoms with Crippen LogP contribution in [-0.4, -0.2) is 38.4 Å². The first-order valence-corrected chi connectivity index (χ1v) is 10.2. The van der Waals surface area contributed by atoms with E-state index in [0.29, 0.717) is 13.0 Å². The summed E-state index contributed by atoms with van der Waals surface area (Å²) < 4.78 is 32.7. The number of carbonyl (C=O) groups is 1. The van der Waals surface area contributed by atoms with Gasteiger partial charge in [-0.05, 0) is 37.0 Å². The van der Waals surface area contributed by atoms with Crippen molar-refractivity contribution < 1.29 is 17.9 Å². The maximum absolute atomic E-state index is 13.3. The van der Waals surface area contributed by atoms with Crippen LogP contribution in [0.1, 0.15) is 23.5 Å². The van der Waals surface area contributed by atoms with Crippen molar-refractivity contribution in [3.05, 3.63) is 77.9 Å². The summed E-state index contributed by atoms with van der Waals surface area (Å²) in [5.41, 5.74) is 2.18. The van der Waals surface area contributed by atoms with Gasteiger partial charge in [-0.25, -0.2) is 13.2 Å². The highest BCUT2D eigenvalue weighted by Crippen LogP contribution is 2.38. The third kappa shape index (κ3) is 3.82. The normalized spacial score (nSPS) is 20.4. The van der Waals surface area contributed by atoms with Crippen LogP contribution in [0.2, 0.25) is 0 Å². The number of carbonyl (C=O) groups excluding carboxylic acids is 1. The number of nitrogens with zero attached hydrogens (tertiary/aromatic N) is 1. The zero-order valence-corrected chi connectivity index (χ0v) is 16.3. The summed E-state index contributed by atoms with van der Waals surface area (Å²) in [5, 5.41) is 0. The van der Waals surface area contributed by atoms with Gasteiger partial charge in [0, 0.05) is 12.1 Å². The minimum atomic E-state index is -3.77. The predicted octanol–water partition coefficient (Wildman–Crippen LogP) is 3.27. The highest BCUT2D eigenvalue weighted by Gasteiger charge is 2.43. The summed E-state index contributed by atoms with van der Waals surface area (Å²) >= 11 is 0. The lowest BCUT2D eigenvalue weighted by molar-refractivity contribution is -0.136. The number of hydrogen-bond acceptors (Lipinski definition) is 4. The predicted molar refractivity (Wildman–Crippen MR) is 104 cm³/mol. The summed E-state index contributed by atoms with van der Waals surface area (Å²) in [6.45, 7) is 6.02. The molecule has 0 amide bonds. The molecule has 6 heteroatoms. The number of hydrogen-bond donors (Lipinski definition) is 0. The molecule has 5 nitrogen and oxygen atoms in total. The Labute approximate surface area is 160 Å². The number of ether oxygens (including phenoxy) is 1. The van der Waals surface area contributed by atoms with Crippen LogP contribution in [0.5, 0.6) is 0 Å². The summed E-state index contributed by atoms with van der Waals surface area (Å²) in [4.78, 5) is 12.3. The standard InChI is InChI=1S/C21H23NO4S/c1-15-9-11-19(12-10-15)27(24,25)22-14-18(17-7-5-4-6-8-17)13-20(22)16(2)21(23)26-3/h4-12,18,20H,2,13-14H2,1,3H3/t18-,20+/m1/s1. The van der Waals surface area contributed by atoms with E-state index in [1.165, 1.54) is 11.4 Å². The van der Waals surface area contributed by atoms with E-state index in [-0.39, 0.29) is 16.4 Å². The molecule has 1 aliphatic rings. The van der Waals surface area contributed by atoms with Crippen molar-refractivity contribution in [2.75, 3.05) is 13.7 Å². The number of methoxy groups -OCH3 is 1. The molecule has 0 aromatic heterocycles.